The molecule has 1 N–H and O–H groups in total. The number of ketones is 1. The lowest BCUT2D eigenvalue weighted by molar-refractivity contribution is -0.120. The van der Waals surface area contributed by atoms with Gasteiger partial charge in [-0.15, -0.1) is 17.9 Å². The second-order valence-electron chi connectivity index (χ2n) is 5.90. The number of carbonyl (C=O) groups is 2. The second kappa shape index (κ2) is 7.19. The van der Waals surface area contributed by atoms with Gasteiger partial charge >= 0.3 is 0 Å². The number of rotatable bonds is 6. The van der Waals surface area contributed by atoms with E-state index in [-0.39, 0.29) is 30.0 Å². The average molecular weight is 359 g/mol. The Bertz CT molecular complexity index is 843. The Hall–Kier alpha value is -2.47. The molecule has 0 spiro atoms. The van der Waals surface area contributed by atoms with Crippen molar-refractivity contribution in [2.75, 3.05) is 6.54 Å². The second-order valence-corrected chi connectivity index (χ2v) is 6.99. The Morgan fingerprint density at radius 2 is 2.24 bits per heavy atom. The molecule has 1 aromatic carbocycles. The number of hydrogen-bond donors (Lipinski definition) is 1. The molecule has 0 radical (unpaired) electrons. The summed E-state index contributed by atoms with van der Waals surface area (Å²) in [5.74, 6) is 0.145. The van der Waals surface area contributed by atoms with Crippen LogP contribution in [-0.2, 0) is 11.2 Å². The molecule has 1 amide bonds. The lowest BCUT2D eigenvalue weighted by Gasteiger charge is -2.13. The Labute approximate surface area is 149 Å². The van der Waals surface area contributed by atoms with E-state index in [0.29, 0.717) is 29.2 Å². The molecule has 0 saturated carbocycles. The molecule has 4 nitrogen and oxygen atoms in total. The first-order valence-electron chi connectivity index (χ1n) is 7.95. The fourth-order valence-corrected chi connectivity index (χ4v) is 3.71. The average Bonchev–Trinajstić information content (AvgIpc) is 3.19. The van der Waals surface area contributed by atoms with Gasteiger partial charge in [-0.05, 0) is 31.2 Å². The van der Waals surface area contributed by atoms with Crippen LogP contribution in [0.3, 0.4) is 0 Å². The van der Waals surface area contributed by atoms with Crippen LogP contribution in [0.25, 0.3) is 10.4 Å². The van der Waals surface area contributed by atoms with Crippen LogP contribution in [0, 0.1) is 5.82 Å². The number of amides is 1. The molecule has 1 aromatic heterocycles. The van der Waals surface area contributed by atoms with E-state index in [4.69, 9.17) is 4.74 Å². The topological polar surface area (TPSA) is 55.4 Å². The zero-order valence-corrected chi connectivity index (χ0v) is 14.6. The SMILES string of the molecule is C=CCC(=O)NCC1Cc2cc(F)cc(-c3ccc(C(C)=O)s3)c2O1. The van der Waals surface area contributed by atoms with E-state index in [1.165, 1.54) is 36.5 Å². The zero-order valence-electron chi connectivity index (χ0n) is 13.8. The predicted octanol–water partition coefficient (Wildman–Crippen LogP) is 3.75. The quantitative estimate of drug-likeness (QED) is 0.631. The fourth-order valence-electron chi connectivity index (χ4n) is 2.79. The predicted molar refractivity (Wildman–Crippen MR) is 95.7 cm³/mol. The summed E-state index contributed by atoms with van der Waals surface area (Å²) in [5, 5.41) is 2.78. The number of benzene rings is 1. The molecule has 25 heavy (non-hydrogen) atoms. The van der Waals surface area contributed by atoms with Crippen LogP contribution < -0.4 is 10.1 Å². The first-order chi connectivity index (χ1) is 12.0. The highest BCUT2D eigenvalue weighted by Crippen LogP contribution is 2.42. The van der Waals surface area contributed by atoms with Crippen LogP contribution in [0.1, 0.15) is 28.6 Å². The minimum Gasteiger partial charge on any atom is -0.487 e. The number of fused-ring (bicyclic) bond motifs is 1. The van der Waals surface area contributed by atoms with Crippen molar-refractivity contribution in [3.8, 4) is 16.2 Å². The minimum absolute atomic E-state index is 0.0203. The number of Topliss-reactive ketones (excluding diaryl/α,β-unsaturated/α-hetero) is 1. The highest BCUT2D eigenvalue weighted by molar-refractivity contribution is 7.17. The molecule has 3 rings (SSSR count). The summed E-state index contributed by atoms with van der Waals surface area (Å²) in [6.45, 7) is 5.38. The van der Waals surface area contributed by atoms with Crippen LogP contribution in [0.15, 0.2) is 36.9 Å². The van der Waals surface area contributed by atoms with Crippen molar-refractivity contribution in [2.45, 2.75) is 25.9 Å². The summed E-state index contributed by atoms with van der Waals surface area (Å²) in [7, 11) is 0. The third-order valence-corrected chi connectivity index (χ3v) is 5.16. The standard InChI is InChI=1S/C19H18FNO3S/c1-3-4-18(23)21-10-14-8-12-7-13(20)9-15(19(12)24-14)17-6-5-16(25-17)11(2)22/h3,5-7,9,14H,1,4,8,10H2,2H3,(H,21,23). The van der Waals surface area contributed by atoms with Crippen molar-refractivity contribution in [3.63, 3.8) is 0 Å². The monoisotopic (exact) mass is 359 g/mol. The molecular weight excluding hydrogens is 341 g/mol. The highest BCUT2D eigenvalue weighted by Gasteiger charge is 2.27. The van der Waals surface area contributed by atoms with Gasteiger partial charge < -0.3 is 10.1 Å². The molecule has 1 atom stereocenters. The fraction of sp³-hybridized carbons (Fsp3) is 0.263. The molecule has 1 aliphatic heterocycles. The number of halogens is 1. The molecule has 1 aliphatic rings. The number of thiophene rings is 1. The molecule has 2 heterocycles. The Morgan fingerprint density at radius 1 is 1.44 bits per heavy atom. The first-order valence-corrected chi connectivity index (χ1v) is 8.77. The van der Waals surface area contributed by atoms with Crippen molar-refractivity contribution in [2.24, 2.45) is 0 Å². The highest BCUT2D eigenvalue weighted by atomic mass is 32.1. The van der Waals surface area contributed by atoms with Gasteiger partial charge in [-0.25, -0.2) is 4.39 Å². The Morgan fingerprint density at radius 3 is 2.92 bits per heavy atom. The van der Waals surface area contributed by atoms with Gasteiger partial charge in [-0.2, -0.15) is 0 Å². The van der Waals surface area contributed by atoms with Crippen LogP contribution in [-0.4, -0.2) is 24.3 Å². The number of carbonyl (C=O) groups excluding carboxylic acids is 2. The van der Waals surface area contributed by atoms with E-state index in [0.717, 1.165) is 10.4 Å². The van der Waals surface area contributed by atoms with Gasteiger partial charge in [0.1, 0.15) is 17.7 Å². The first kappa shape index (κ1) is 17.4. The van der Waals surface area contributed by atoms with Gasteiger partial charge in [-0.1, -0.05) is 6.08 Å². The van der Waals surface area contributed by atoms with E-state index in [1.54, 1.807) is 12.1 Å². The molecule has 2 aromatic rings. The van der Waals surface area contributed by atoms with E-state index in [9.17, 15) is 14.0 Å². The van der Waals surface area contributed by atoms with Crippen molar-refractivity contribution >= 4 is 23.0 Å². The van der Waals surface area contributed by atoms with Gasteiger partial charge in [-0.3, -0.25) is 9.59 Å². The molecule has 130 valence electrons. The molecular formula is C19H18FNO3S. The van der Waals surface area contributed by atoms with Crippen LogP contribution >= 0.6 is 11.3 Å². The molecule has 6 heteroatoms. The van der Waals surface area contributed by atoms with Crippen molar-refractivity contribution < 1.29 is 18.7 Å². The molecule has 0 fully saturated rings. The van der Waals surface area contributed by atoms with Crippen LogP contribution in [0.2, 0.25) is 0 Å². The van der Waals surface area contributed by atoms with Crippen molar-refractivity contribution in [1.29, 1.82) is 0 Å². The van der Waals surface area contributed by atoms with Gasteiger partial charge in [0.15, 0.2) is 5.78 Å². The summed E-state index contributed by atoms with van der Waals surface area (Å²) in [4.78, 5) is 24.5. The summed E-state index contributed by atoms with van der Waals surface area (Å²) in [6.07, 6.45) is 2.08. The maximum atomic E-state index is 14.0. The summed E-state index contributed by atoms with van der Waals surface area (Å²) < 4.78 is 20.0. The summed E-state index contributed by atoms with van der Waals surface area (Å²) in [6, 6.07) is 6.43. The summed E-state index contributed by atoms with van der Waals surface area (Å²) in [5.41, 5.74) is 1.42. The third kappa shape index (κ3) is 3.79. The van der Waals surface area contributed by atoms with Crippen molar-refractivity contribution in [1.82, 2.24) is 5.32 Å². The maximum absolute atomic E-state index is 14.0. The van der Waals surface area contributed by atoms with E-state index < -0.39 is 0 Å². The number of nitrogens with one attached hydrogen (secondary N) is 1. The molecule has 0 bridgehead atoms. The van der Waals surface area contributed by atoms with E-state index >= 15 is 0 Å². The lowest BCUT2D eigenvalue weighted by atomic mass is 10.0. The number of ether oxygens (including phenoxy) is 1. The van der Waals surface area contributed by atoms with Gasteiger partial charge in [0.2, 0.25) is 5.91 Å². The van der Waals surface area contributed by atoms with Gasteiger partial charge in [0.05, 0.1) is 11.4 Å². The van der Waals surface area contributed by atoms with Crippen LogP contribution in [0.5, 0.6) is 5.75 Å². The van der Waals surface area contributed by atoms with Gasteiger partial charge in [0.25, 0.3) is 0 Å². The Balaban J connectivity index is 1.82. The molecule has 0 aliphatic carbocycles. The normalized spacial score (nSPS) is 15.4. The van der Waals surface area contributed by atoms with Crippen LogP contribution in [0.4, 0.5) is 4.39 Å². The van der Waals surface area contributed by atoms with Gasteiger partial charge in [0, 0.05) is 28.8 Å². The van der Waals surface area contributed by atoms with Crippen molar-refractivity contribution in [3.05, 3.63) is 53.2 Å². The molecule has 1 unspecified atom stereocenters. The third-order valence-electron chi connectivity index (χ3n) is 3.94. The maximum Gasteiger partial charge on any atom is 0.223 e. The Kier molecular flexibility index (Phi) is 4.99. The summed E-state index contributed by atoms with van der Waals surface area (Å²) >= 11 is 1.32. The zero-order chi connectivity index (χ0) is 18.0. The largest absolute Gasteiger partial charge is 0.487 e. The lowest BCUT2D eigenvalue weighted by Crippen LogP contribution is -2.34. The number of hydrogen-bond acceptors (Lipinski definition) is 4. The van der Waals surface area contributed by atoms with E-state index in [2.05, 4.69) is 11.9 Å². The molecule has 0 saturated heterocycles. The van der Waals surface area contributed by atoms with E-state index in [1.807, 2.05) is 0 Å². The minimum atomic E-state index is -0.341. The smallest absolute Gasteiger partial charge is 0.223 e.